The number of likely N-dealkylation sites (N-methyl/N-ethyl adjacent to an activating group) is 1. The van der Waals surface area contributed by atoms with E-state index in [1.165, 1.54) is 6.92 Å². The van der Waals surface area contributed by atoms with E-state index in [1.807, 2.05) is 19.1 Å². The summed E-state index contributed by atoms with van der Waals surface area (Å²) in [6, 6.07) is 12.1. The molecule has 0 bridgehead atoms. The molecule has 3 aliphatic rings. The molecule has 0 fully saturated rings. The van der Waals surface area contributed by atoms with E-state index < -0.39 is 17.4 Å². The highest BCUT2D eigenvalue weighted by molar-refractivity contribution is 6.34. The molecular formula is C23H18N2O4. The summed E-state index contributed by atoms with van der Waals surface area (Å²) in [6.45, 7) is 3.38. The van der Waals surface area contributed by atoms with Crippen LogP contribution in [0.2, 0.25) is 0 Å². The van der Waals surface area contributed by atoms with Crippen LogP contribution in [-0.2, 0) is 15.1 Å². The second-order valence-electron chi connectivity index (χ2n) is 7.80. The number of hydrogen-bond donors (Lipinski definition) is 0. The normalized spacial score (nSPS) is 23.0. The summed E-state index contributed by atoms with van der Waals surface area (Å²) in [6.07, 6.45) is 0. The lowest BCUT2D eigenvalue weighted by Crippen LogP contribution is -2.52. The van der Waals surface area contributed by atoms with Crippen LogP contribution in [0.25, 0.3) is 0 Å². The zero-order valence-corrected chi connectivity index (χ0v) is 16.3. The third kappa shape index (κ3) is 1.94. The quantitative estimate of drug-likeness (QED) is 0.695. The number of rotatable bonds is 0. The smallest absolute Gasteiger partial charge is 0.263 e. The molecule has 1 unspecified atom stereocenters. The Balaban J connectivity index is 1.86. The lowest BCUT2D eigenvalue weighted by Gasteiger charge is -2.33. The molecule has 2 heterocycles. The van der Waals surface area contributed by atoms with Gasteiger partial charge < -0.3 is 0 Å². The Kier molecular flexibility index (Phi) is 3.41. The minimum Gasteiger partial charge on any atom is -0.289 e. The van der Waals surface area contributed by atoms with E-state index in [-0.39, 0.29) is 23.7 Å². The van der Waals surface area contributed by atoms with Gasteiger partial charge in [0.25, 0.3) is 5.91 Å². The number of carbonyl (C=O) groups excluding carboxylic acids is 4. The van der Waals surface area contributed by atoms with Gasteiger partial charge in [-0.1, -0.05) is 42.0 Å². The summed E-state index contributed by atoms with van der Waals surface area (Å²) in [7, 11) is 1.72. The van der Waals surface area contributed by atoms with Crippen molar-refractivity contribution in [1.82, 2.24) is 4.90 Å². The number of Topliss-reactive ketones (excluding diaryl/α,β-unsaturated/α-hetero) is 2. The van der Waals surface area contributed by atoms with Gasteiger partial charge in [0.15, 0.2) is 17.1 Å². The first-order valence-corrected chi connectivity index (χ1v) is 9.39. The van der Waals surface area contributed by atoms with Crippen molar-refractivity contribution in [2.75, 3.05) is 18.5 Å². The number of amides is 2. The van der Waals surface area contributed by atoms with Crippen LogP contribution in [0.4, 0.5) is 5.69 Å². The number of ketones is 2. The van der Waals surface area contributed by atoms with Crippen LogP contribution in [-0.4, -0.2) is 41.9 Å². The first-order chi connectivity index (χ1) is 13.8. The highest BCUT2D eigenvalue weighted by atomic mass is 16.2. The molecule has 0 N–H and O–H groups in total. The van der Waals surface area contributed by atoms with Crippen LogP contribution in [0, 0.1) is 6.92 Å². The molecule has 1 spiro atoms. The molecule has 0 aromatic heterocycles. The monoisotopic (exact) mass is 386 g/mol. The summed E-state index contributed by atoms with van der Waals surface area (Å²) in [5.41, 5.74) is 1.65. The molecule has 6 nitrogen and oxygen atoms in total. The molecular weight excluding hydrogens is 368 g/mol. The molecule has 6 heteroatoms. The van der Waals surface area contributed by atoms with Crippen molar-refractivity contribution in [3.05, 3.63) is 75.9 Å². The van der Waals surface area contributed by atoms with Crippen molar-refractivity contribution < 1.29 is 19.2 Å². The zero-order chi connectivity index (χ0) is 20.7. The van der Waals surface area contributed by atoms with E-state index in [0.29, 0.717) is 28.0 Å². The molecule has 5 rings (SSSR count). The number of benzene rings is 2. The number of hydrogen-bond acceptors (Lipinski definition) is 5. The fourth-order valence-corrected chi connectivity index (χ4v) is 4.95. The molecule has 144 valence electrons. The van der Waals surface area contributed by atoms with E-state index in [4.69, 9.17) is 0 Å². The predicted octanol–water partition coefficient (Wildman–Crippen LogP) is 2.40. The van der Waals surface area contributed by atoms with E-state index in [1.54, 1.807) is 42.3 Å². The Morgan fingerprint density at radius 3 is 2.31 bits per heavy atom. The first kappa shape index (κ1) is 17.7. The second kappa shape index (κ2) is 5.58. The maximum absolute atomic E-state index is 13.7. The van der Waals surface area contributed by atoms with Crippen LogP contribution in [0.3, 0.4) is 0 Å². The van der Waals surface area contributed by atoms with Crippen molar-refractivity contribution in [3.8, 4) is 0 Å². The molecule has 2 aliphatic heterocycles. The Morgan fingerprint density at radius 2 is 1.66 bits per heavy atom. The molecule has 1 atom stereocenters. The van der Waals surface area contributed by atoms with E-state index in [9.17, 15) is 19.2 Å². The largest absolute Gasteiger partial charge is 0.289 e. The van der Waals surface area contributed by atoms with Crippen molar-refractivity contribution in [3.63, 3.8) is 0 Å². The second-order valence-corrected chi connectivity index (χ2v) is 7.80. The average Bonchev–Trinajstić information content (AvgIpc) is 3.14. The summed E-state index contributed by atoms with van der Waals surface area (Å²) < 4.78 is 0. The number of fused-ring (bicyclic) bond motifs is 4. The topological polar surface area (TPSA) is 74.8 Å². The Morgan fingerprint density at radius 1 is 1.00 bits per heavy atom. The number of nitrogens with zero attached hydrogens (tertiary/aromatic N) is 2. The maximum Gasteiger partial charge on any atom is 0.263 e. The van der Waals surface area contributed by atoms with Crippen molar-refractivity contribution in [2.45, 2.75) is 19.4 Å². The predicted molar refractivity (Wildman–Crippen MR) is 106 cm³/mol. The van der Waals surface area contributed by atoms with Gasteiger partial charge in [0, 0.05) is 41.3 Å². The van der Waals surface area contributed by atoms with Crippen LogP contribution in [0.5, 0.6) is 0 Å². The van der Waals surface area contributed by atoms with Gasteiger partial charge in [-0.3, -0.25) is 24.1 Å². The Bertz CT molecular complexity index is 1210. The van der Waals surface area contributed by atoms with Crippen molar-refractivity contribution in [1.29, 1.82) is 0 Å². The number of aryl methyl sites for hydroxylation is 1. The summed E-state index contributed by atoms with van der Waals surface area (Å²) in [4.78, 5) is 55.7. The summed E-state index contributed by atoms with van der Waals surface area (Å²) in [5, 5.41) is 0. The fourth-order valence-electron chi connectivity index (χ4n) is 4.95. The minimum atomic E-state index is -1.47. The van der Waals surface area contributed by atoms with E-state index in [0.717, 1.165) is 10.5 Å². The highest BCUT2D eigenvalue weighted by Crippen LogP contribution is 2.54. The third-order valence-corrected chi connectivity index (χ3v) is 6.16. The Hall–Kier alpha value is -3.38. The van der Waals surface area contributed by atoms with Gasteiger partial charge in [0.05, 0.1) is 5.69 Å². The van der Waals surface area contributed by atoms with Gasteiger partial charge in [0.1, 0.15) is 0 Å². The highest BCUT2D eigenvalue weighted by Gasteiger charge is 2.63. The molecule has 0 radical (unpaired) electrons. The fraction of sp³-hybridized carbons (Fsp3) is 0.217. The lowest BCUT2D eigenvalue weighted by atomic mass is 9.74. The van der Waals surface area contributed by atoms with Gasteiger partial charge in [-0.2, -0.15) is 0 Å². The van der Waals surface area contributed by atoms with E-state index >= 15 is 0 Å². The molecule has 2 aromatic carbocycles. The lowest BCUT2D eigenvalue weighted by molar-refractivity contribution is -0.130. The molecule has 2 aromatic rings. The maximum atomic E-state index is 13.7. The SMILES string of the molecule is CC(=O)N1C(=O)C2(C3=C(CN2C)C(=O)c2ccccc2C3=O)c2cc(C)ccc21. The van der Waals surface area contributed by atoms with Crippen LogP contribution in [0.1, 0.15) is 38.8 Å². The van der Waals surface area contributed by atoms with Crippen molar-refractivity contribution >= 4 is 29.1 Å². The van der Waals surface area contributed by atoms with Gasteiger partial charge in [-0.15, -0.1) is 0 Å². The summed E-state index contributed by atoms with van der Waals surface area (Å²) >= 11 is 0. The van der Waals surface area contributed by atoms with Crippen molar-refractivity contribution in [2.24, 2.45) is 0 Å². The number of anilines is 1. The molecule has 0 saturated carbocycles. The Labute approximate surface area is 167 Å². The van der Waals surface area contributed by atoms with Gasteiger partial charge >= 0.3 is 0 Å². The summed E-state index contributed by atoms with van der Waals surface area (Å²) in [5.74, 6) is -1.49. The average molecular weight is 386 g/mol. The third-order valence-electron chi connectivity index (χ3n) is 6.16. The first-order valence-electron chi connectivity index (χ1n) is 9.39. The minimum absolute atomic E-state index is 0.166. The van der Waals surface area contributed by atoms with Gasteiger partial charge in [0.2, 0.25) is 5.91 Å². The molecule has 1 aliphatic carbocycles. The molecule has 0 saturated heterocycles. The van der Waals surface area contributed by atoms with Crippen LogP contribution >= 0.6 is 0 Å². The van der Waals surface area contributed by atoms with Crippen LogP contribution in [0.15, 0.2) is 53.6 Å². The van der Waals surface area contributed by atoms with Crippen LogP contribution < -0.4 is 4.90 Å². The standard InChI is InChI=1S/C23H18N2O4/c1-12-8-9-18-17(10-12)23(22(29)25(18)13(2)26)19-16(11-24(23)3)20(27)14-6-4-5-7-15(14)21(19)28/h4-10H,11H2,1-3H3. The number of carbonyl (C=O) groups is 4. The zero-order valence-electron chi connectivity index (χ0n) is 16.3. The van der Waals surface area contributed by atoms with Gasteiger partial charge in [-0.05, 0) is 20.0 Å². The number of imide groups is 1. The van der Waals surface area contributed by atoms with Gasteiger partial charge in [-0.25, -0.2) is 4.90 Å². The molecule has 29 heavy (non-hydrogen) atoms. The van der Waals surface area contributed by atoms with E-state index in [2.05, 4.69) is 0 Å². The molecule has 2 amide bonds.